The lowest BCUT2D eigenvalue weighted by atomic mass is 9.89. The van der Waals surface area contributed by atoms with Crippen molar-refractivity contribution in [1.82, 2.24) is 4.90 Å². The molecule has 0 aromatic rings. The summed E-state index contributed by atoms with van der Waals surface area (Å²) in [7, 11) is -6.20. The Morgan fingerprint density at radius 2 is 1.11 bits per heavy atom. The number of phosphoric ester groups is 1. The largest absolute Gasteiger partial charge is 0.469 e. The van der Waals surface area contributed by atoms with E-state index in [0.717, 1.165) is 0 Å². The SMILES string of the molecule is C=CCN(CC(F)(F)C(F)(F)C(F)(F)C(F)(F)C(F)(F)C(F)(F)C(F)(F)COP(=O)(O)O)C(=O)C=C. The standard InChI is InChI=1S/C15H14F14NO5P/c1-3-5-30(8(31)4-2)6-9(16,17)11(20,21)13(24,25)15(28,29)14(26,27)12(22,23)10(18,19)7-35-36(32,33)34/h3-4H,1-2,5-7H2,(H2,32,33,34). The summed E-state index contributed by atoms with van der Waals surface area (Å²) in [6.45, 7) is -2.02. The summed E-state index contributed by atoms with van der Waals surface area (Å²) < 4.78 is 205. The number of hydrogen-bond donors (Lipinski definition) is 2. The molecule has 0 aliphatic rings. The molecular formula is C15H14F14NO5P. The van der Waals surface area contributed by atoms with Gasteiger partial charge in [0.05, 0.1) is 6.54 Å². The van der Waals surface area contributed by atoms with Crippen molar-refractivity contribution in [3.05, 3.63) is 25.3 Å². The molecule has 2 N–H and O–H groups in total. The molecule has 0 bridgehead atoms. The van der Waals surface area contributed by atoms with Crippen LogP contribution in [-0.2, 0) is 13.9 Å². The smallest absolute Gasteiger partial charge is 0.329 e. The molecule has 36 heavy (non-hydrogen) atoms. The molecule has 212 valence electrons. The van der Waals surface area contributed by atoms with Crippen molar-refractivity contribution in [2.45, 2.75) is 41.5 Å². The summed E-state index contributed by atoms with van der Waals surface area (Å²) in [5, 5.41) is 0. The van der Waals surface area contributed by atoms with Gasteiger partial charge in [0.2, 0.25) is 5.91 Å². The van der Waals surface area contributed by atoms with Crippen LogP contribution in [0.25, 0.3) is 0 Å². The van der Waals surface area contributed by atoms with E-state index in [1.165, 1.54) is 0 Å². The van der Waals surface area contributed by atoms with Gasteiger partial charge in [0.15, 0.2) is 0 Å². The Morgan fingerprint density at radius 1 is 0.750 bits per heavy atom. The van der Waals surface area contributed by atoms with Crippen LogP contribution in [0, 0.1) is 0 Å². The lowest BCUT2D eigenvalue weighted by Crippen LogP contribution is -2.74. The fraction of sp³-hybridized carbons (Fsp3) is 0.667. The van der Waals surface area contributed by atoms with Crippen molar-refractivity contribution in [2.75, 3.05) is 19.7 Å². The van der Waals surface area contributed by atoms with Gasteiger partial charge >= 0.3 is 49.3 Å². The Balaban J connectivity index is 6.59. The van der Waals surface area contributed by atoms with E-state index in [0.29, 0.717) is 6.08 Å². The number of halogens is 14. The summed E-state index contributed by atoms with van der Waals surface area (Å²) in [6, 6.07) is 0. The van der Waals surface area contributed by atoms with Gasteiger partial charge in [0, 0.05) is 6.54 Å². The molecule has 21 heteroatoms. The molecule has 0 saturated carbocycles. The third-order valence-corrected chi connectivity index (χ3v) is 4.60. The molecule has 0 unspecified atom stereocenters. The fourth-order valence-corrected chi connectivity index (χ4v) is 2.49. The molecular weight excluding hydrogens is 571 g/mol. The van der Waals surface area contributed by atoms with E-state index in [4.69, 9.17) is 9.79 Å². The van der Waals surface area contributed by atoms with Gasteiger partial charge in [0.1, 0.15) is 6.61 Å². The van der Waals surface area contributed by atoms with Crippen molar-refractivity contribution < 1.29 is 85.1 Å². The van der Waals surface area contributed by atoms with Gasteiger partial charge in [0.25, 0.3) is 0 Å². The van der Waals surface area contributed by atoms with Crippen molar-refractivity contribution in [1.29, 1.82) is 0 Å². The van der Waals surface area contributed by atoms with Crippen molar-refractivity contribution in [2.24, 2.45) is 0 Å². The summed E-state index contributed by atoms with van der Waals surface area (Å²) in [5.41, 5.74) is 0. The molecule has 0 aliphatic carbocycles. The number of rotatable bonds is 14. The second-order valence-corrected chi connectivity index (χ2v) is 8.00. The minimum Gasteiger partial charge on any atom is -0.329 e. The fourth-order valence-electron chi connectivity index (χ4n) is 2.16. The van der Waals surface area contributed by atoms with Gasteiger partial charge in [-0.2, -0.15) is 61.5 Å². The van der Waals surface area contributed by atoms with Crippen LogP contribution >= 0.6 is 7.82 Å². The molecule has 6 nitrogen and oxygen atoms in total. The second kappa shape index (κ2) is 10.1. The second-order valence-electron chi connectivity index (χ2n) is 6.76. The predicted octanol–water partition coefficient (Wildman–Crippen LogP) is 4.74. The molecule has 0 spiro atoms. The Morgan fingerprint density at radius 3 is 1.44 bits per heavy atom. The van der Waals surface area contributed by atoms with E-state index in [1.807, 2.05) is 0 Å². The molecule has 0 fully saturated rings. The van der Waals surface area contributed by atoms with Gasteiger partial charge in [-0.1, -0.05) is 12.7 Å². The van der Waals surface area contributed by atoms with Gasteiger partial charge in [-0.25, -0.2) is 4.57 Å². The number of amides is 1. The Bertz CT molecular complexity index is 888. The van der Waals surface area contributed by atoms with E-state index >= 15 is 0 Å². The quantitative estimate of drug-likeness (QED) is 0.133. The molecule has 0 aromatic heterocycles. The molecule has 0 saturated heterocycles. The van der Waals surface area contributed by atoms with E-state index in [2.05, 4.69) is 17.7 Å². The van der Waals surface area contributed by atoms with Crippen LogP contribution in [0.3, 0.4) is 0 Å². The lowest BCUT2D eigenvalue weighted by Gasteiger charge is -2.43. The zero-order valence-electron chi connectivity index (χ0n) is 17.0. The van der Waals surface area contributed by atoms with Crippen LogP contribution in [0.5, 0.6) is 0 Å². The average Bonchev–Trinajstić information content (AvgIpc) is 2.69. The van der Waals surface area contributed by atoms with Crippen LogP contribution in [0.2, 0.25) is 0 Å². The van der Waals surface area contributed by atoms with Crippen LogP contribution < -0.4 is 0 Å². The zero-order chi connectivity index (χ0) is 29.4. The molecule has 0 atom stereocenters. The zero-order valence-corrected chi connectivity index (χ0v) is 17.9. The summed E-state index contributed by atoms with van der Waals surface area (Å²) in [5.74, 6) is -55.7. The van der Waals surface area contributed by atoms with Crippen molar-refractivity contribution in [3.63, 3.8) is 0 Å². The number of carbonyl (C=O) groups is 1. The van der Waals surface area contributed by atoms with Crippen LogP contribution in [0.15, 0.2) is 25.3 Å². The maximum Gasteiger partial charge on any atom is 0.469 e. The highest BCUT2D eigenvalue weighted by atomic mass is 31.2. The Hall–Kier alpha value is -1.92. The molecule has 0 radical (unpaired) electrons. The lowest BCUT2D eigenvalue weighted by molar-refractivity contribution is -0.442. The summed E-state index contributed by atoms with van der Waals surface area (Å²) >= 11 is 0. The summed E-state index contributed by atoms with van der Waals surface area (Å²) in [4.78, 5) is 27.2. The highest BCUT2D eigenvalue weighted by Crippen LogP contribution is 2.62. The highest BCUT2D eigenvalue weighted by Gasteiger charge is 2.92. The Kier molecular flexibility index (Phi) is 9.55. The highest BCUT2D eigenvalue weighted by molar-refractivity contribution is 7.46. The Labute approximate surface area is 191 Å². The monoisotopic (exact) mass is 585 g/mol. The number of carbonyl (C=O) groups excluding carboxylic acids is 1. The van der Waals surface area contributed by atoms with Crippen molar-refractivity contribution in [3.8, 4) is 0 Å². The van der Waals surface area contributed by atoms with Gasteiger partial charge in [-0.3, -0.25) is 9.32 Å². The molecule has 0 rings (SSSR count). The molecule has 0 aliphatic heterocycles. The minimum absolute atomic E-state index is 0.140. The number of hydrogen-bond acceptors (Lipinski definition) is 3. The predicted molar refractivity (Wildman–Crippen MR) is 89.6 cm³/mol. The topological polar surface area (TPSA) is 87.1 Å². The van der Waals surface area contributed by atoms with Crippen LogP contribution in [-0.4, -0.2) is 81.7 Å². The van der Waals surface area contributed by atoms with Gasteiger partial charge < -0.3 is 14.7 Å². The van der Waals surface area contributed by atoms with Crippen LogP contribution in [0.1, 0.15) is 0 Å². The average molecular weight is 585 g/mol. The molecule has 0 heterocycles. The summed E-state index contributed by atoms with van der Waals surface area (Å²) in [6.07, 6.45) is 0.666. The first kappa shape index (κ1) is 34.1. The minimum atomic E-state index is -8.40. The van der Waals surface area contributed by atoms with E-state index < -0.39 is 79.8 Å². The first-order valence-electron chi connectivity index (χ1n) is 8.48. The van der Waals surface area contributed by atoms with Gasteiger partial charge in [-0.15, -0.1) is 6.58 Å². The number of phosphoric acid groups is 1. The number of nitrogens with zero attached hydrogens (tertiary/aromatic N) is 1. The number of alkyl halides is 14. The van der Waals surface area contributed by atoms with E-state index in [1.54, 1.807) is 0 Å². The van der Waals surface area contributed by atoms with Crippen LogP contribution in [0.4, 0.5) is 61.5 Å². The maximum atomic E-state index is 14.0. The molecule has 0 aromatic carbocycles. The van der Waals surface area contributed by atoms with Gasteiger partial charge in [-0.05, 0) is 6.08 Å². The maximum absolute atomic E-state index is 14.0. The third-order valence-electron chi connectivity index (χ3n) is 4.14. The molecule has 1 amide bonds. The van der Waals surface area contributed by atoms with Crippen molar-refractivity contribution >= 4 is 13.7 Å². The first-order valence-corrected chi connectivity index (χ1v) is 10.0. The normalized spacial score (nSPS) is 15.0. The van der Waals surface area contributed by atoms with E-state index in [9.17, 15) is 70.8 Å². The third kappa shape index (κ3) is 5.80. The van der Waals surface area contributed by atoms with E-state index in [-0.39, 0.29) is 6.08 Å². The first-order chi connectivity index (χ1) is 15.6.